The van der Waals surface area contributed by atoms with Crippen LogP contribution >= 0.6 is 0 Å². The first-order valence-corrected chi connectivity index (χ1v) is 7.91. The minimum atomic E-state index is -0.0438. The van der Waals surface area contributed by atoms with Crippen molar-refractivity contribution in [2.24, 2.45) is 0 Å². The lowest BCUT2D eigenvalue weighted by atomic mass is 9.80. The molecule has 0 aliphatic rings. The molecular formula is C17H26O3Si. The van der Waals surface area contributed by atoms with Gasteiger partial charge in [-0.05, 0) is 49.5 Å². The smallest absolute Gasteiger partial charge is 0.204 e. The number of hydrogen-bond acceptors (Lipinski definition) is 3. The van der Waals surface area contributed by atoms with Crippen LogP contribution in [0.25, 0.3) is 6.08 Å². The fraction of sp³-hybridized carbons (Fsp3) is 0.471. The Balaban J connectivity index is 3.78. The van der Waals surface area contributed by atoms with Crippen molar-refractivity contribution in [1.82, 2.24) is 0 Å². The summed E-state index contributed by atoms with van der Waals surface area (Å²) >= 11 is 0. The number of benzene rings is 1. The molecule has 0 aliphatic carbocycles. The number of ether oxygens (including phenoxy) is 1. The van der Waals surface area contributed by atoms with Crippen molar-refractivity contribution >= 4 is 22.3 Å². The number of methoxy groups -OCH3 is 1. The molecule has 1 rings (SSSR count). The Morgan fingerprint density at radius 3 is 2.10 bits per heavy atom. The number of hydrogen-bond donors (Lipinski definition) is 0. The van der Waals surface area contributed by atoms with Gasteiger partial charge in [-0.1, -0.05) is 20.8 Å². The third-order valence-electron chi connectivity index (χ3n) is 3.66. The predicted molar refractivity (Wildman–Crippen MR) is 91.5 cm³/mol. The standard InChI is InChI=1S/C17H26O3Si/c1-10(18)8-9-13-11(2)12(3)14(17(4,5)6)16(19-7)15(13)20-21/h8-9H,1-7,21H3. The summed E-state index contributed by atoms with van der Waals surface area (Å²) in [5.41, 5.74) is 4.36. The number of ketones is 1. The molecule has 4 heteroatoms. The molecule has 0 saturated heterocycles. The van der Waals surface area contributed by atoms with Crippen molar-refractivity contribution < 1.29 is 14.0 Å². The van der Waals surface area contributed by atoms with E-state index in [1.807, 2.05) is 6.08 Å². The van der Waals surface area contributed by atoms with Gasteiger partial charge in [-0.2, -0.15) is 0 Å². The van der Waals surface area contributed by atoms with E-state index in [2.05, 4.69) is 34.6 Å². The zero-order valence-corrected chi connectivity index (χ0v) is 16.4. The maximum Gasteiger partial charge on any atom is 0.204 e. The molecule has 0 amide bonds. The SMILES string of the molecule is COc1c(O[SiH3])c(C=CC(C)=O)c(C)c(C)c1C(C)(C)C. The maximum absolute atomic E-state index is 11.2. The molecular weight excluding hydrogens is 280 g/mol. The first kappa shape index (κ1) is 17.5. The summed E-state index contributed by atoms with van der Waals surface area (Å²) in [6.07, 6.45) is 3.40. The summed E-state index contributed by atoms with van der Waals surface area (Å²) in [5.74, 6) is 1.55. The monoisotopic (exact) mass is 306 g/mol. The summed E-state index contributed by atoms with van der Waals surface area (Å²) < 4.78 is 11.4. The lowest BCUT2D eigenvalue weighted by Crippen LogP contribution is -2.17. The molecule has 0 unspecified atom stereocenters. The minimum Gasteiger partial charge on any atom is -0.550 e. The molecule has 0 aromatic heterocycles. The summed E-state index contributed by atoms with van der Waals surface area (Å²) in [4.78, 5) is 11.2. The van der Waals surface area contributed by atoms with E-state index < -0.39 is 0 Å². The first-order chi connectivity index (χ1) is 9.65. The topological polar surface area (TPSA) is 35.5 Å². The van der Waals surface area contributed by atoms with Gasteiger partial charge >= 0.3 is 0 Å². The molecule has 0 saturated carbocycles. The molecule has 0 bridgehead atoms. The van der Waals surface area contributed by atoms with E-state index in [-0.39, 0.29) is 11.2 Å². The van der Waals surface area contributed by atoms with E-state index in [0.717, 1.165) is 28.2 Å². The van der Waals surface area contributed by atoms with Crippen LogP contribution in [0.4, 0.5) is 0 Å². The van der Waals surface area contributed by atoms with E-state index in [0.29, 0.717) is 10.5 Å². The van der Waals surface area contributed by atoms with Crippen LogP contribution in [0.5, 0.6) is 11.5 Å². The van der Waals surface area contributed by atoms with E-state index in [9.17, 15) is 4.79 Å². The highest BCUT2D eigenvalue weighted by atomic mass is 28.2. The number of carbonyl (C=O) groups is 1. The highest BCUT2D eigenvalue weighted by Gasteiger charge is 2.27. The molecule has 3 nitrogen and oxygen atoms in total. The average Bonchev–Trinajstić information content (AvgIpc) is 2.37. The van der Waals surface area contributed by atoms with Gasteiger partial charge in [0.2, 0.25) is 10.5 Å². The molecule has 116 valence electrons. The molecule has 1 aromatic carbocycles. The molecule has 0 N–H and O–H groups in total. The fourth-order valence-electron chi connectivity index (χ4n) is 2.67. The number of carbonyl (C=O) groups excluding carboxylic acids is 1. The van der Waals surface area contributed by atoms with E-state index >= 15 is 0 Å². The van der Waals surface area contributed by atoms with Gasteiger partial charge in [0.15, 0.2) is 17.3 Å². The summed E-state index contributed by atoms with van der Waals surface area (Å²) in [6, 6.07) is 0. The van der Waals surface area contributed by atoms with Crippen molar-refractivity contribution in [2.75, 3.05) is 7.11 Å². The Morgan fingerprint density at radius 1 is 1.14 bits per heavy atom. The molecule has 1 aromatic rings. The summed E-state index contributed by atoms with van der Waals surface area (Å²) in [5, 5.41) is 0. The second kappa shape index (κ2) is 6.48. The van der Waals surface area contributed by atoms with Crippen LogP contribution in [0.3, 0.4) is 0 Å². The lowest BCUT2D eigenvalue weighted by Gasteiger charge is -2.28. The van der Waals surface area contributed by atoms with Crippen LogP contribution in [0, 0.1) is 13.8 Å². The van der Waals surface area contributed by atoms with E-state index in [1.54, 1.807) is 20.1 Å². The van der Waals surface area contributed by atoms with Crippen LogP contribution in [0.15, 0.2) is 6.08 Å². The van der Waals surface area contributed by atoms with Crippen molar-refractivity contribution in [3.05, 3.63) is 28.3 Å². The van der Waals surface area contributed by atoms with E-state index in [1.165, 1.54) is 5.56 Å². The highest BCUT2D eigenvalue weighted by Crippen LogP contribution is 2.45. The van der Waals surface area contributed by atoms with Crippen LogP contribution in [0.2, 0.25) is 0 Å². The highest BCUT2D eigenvalue weighted by molar-refractivity contribution is 6.01. The largest absolute Gasteiger partial charge is 0.550 e. The Labute approximate surface area is 130 Å². The quantitative estimate of drug-likeness (QED) is 0.634. The molecule has 0 atom stereocenters. The van der Waals surface area contributed by atoms with Gasteiger partial charge in [0.1, 0.15) is 0 Å². The van der Waals surface area contributed by atoms with Gasteiger partial charge in [0, 0.05) is 11.1 Å². The van der Waals surface area contributed by atoms with Crippen LogP contribution in [-0.2, 0) is 10.2 Å². The number of rotatable bonds is 4. The van der Waals surface area contributed by atoms with Gasteiger partial charge < -0.3 is 9.16 Å². The van der Waals surface area contributed by atoms with Crippen molar-refractivity contribution in [2.45, 2.75) is 47.0 Å². The zero-order chi connectivity index (χ0) is 16.4. The van der Waals surface area contributed by atoms with Crippen LogP contribution in [-0.4, -0.2) is 23.4 Å². The van der Waals surface area contributed by atoms with Crippen molar-refractivity contribution in [3.8, 4) is 11.5 Å². The molecule has 21 heavy (non-hydrogen) atoms. The minimum absolute atomic E-state index is 0.0187. The fourth-order valence-corrected chi connectivity index (χ4v) is 3.07. The van der Waals surface area contributed by atoms with Gasteiger partial charge in [-0.25, -0.2) is 0 Å². The normalized spacial score (nSPS) is 12.0. The third kappa shape index (κ3) is 3.56. The predicted octanol–water partition coefficient (Wildman–Crippen LogP) is 2.87. The third-order valence-corrected chi connectivity index (χ3v) is 4.07. The maximum atomic E-state index is 11.2. The molecule has 0 spiro atoms. The second-order valence-corrected chi connectivity index (χ2v) is 6.71. The van der Waals surface area contributed by atoms with Gasteiger partial charge in [-0.3, -0.25) is 4.79 Å². The Hall–Kier alpha value is -1.55. The Bertz CT molecular complexity index is 581. The van der Waals surface area contributed by atoms with Gasteiger partial charge in [0.05, 0.1) is 7.11 Å². The average molecular weight is 306 g/mol. The van der Waals surface area contributed by atoms with Crippen LogP contribution < -0.4 is 9.16 Å². The summed E-state index contributed by atoms with van der Waals surface area (Å²) in [7, 11) is 2.23. The number of allylic oxidation sites excluding steroid dienone is 1. The van der Waals surface area contributed by atoms with Crippen LogP contribution in [0.1, 0.15) is 49.9 Å². The van der Waals surface area contributed by atoms with E-state index in [4.69, 9.17) is 9.16 Å². The molecule has 0 aliphatic heterocycles. The zero-order valence-electron chi connectivity index (χ0n) is 14.4. The second-order valence-electron chi connectivity index (χ2n) is 6.30. The summed E-state index contributed by atoms with van der Waals surface area (Å²) in [6.45, 7) is 12.2. The van der Waals surface area contributed by atoms with Crippen molar-refractivity contribution in [1.29, 1.82) is 0 Å². The molecule has 0 heterocycles. The lowest BCUT2D eigenvalue weighted by molar-refractivity contribution is -0.112. The van der Waals surface area contributed by atoms with Gasteiger partial charge in [0.25, 0.3) is 0 Å². The Morgan fingerprint density at radius 2 is 1.71 bits per heavy atom. The first-order valence-electron chi connectivity index (χ1n) is 7.09. The molecule has 0 radical (unpaired) electrons. The van der Waals surface area contributed by atoms with Gasteiger partial charge in [-0.15, -0.1) is 0 Å². The van der Waals surface area contributed by atoms with Crippen molar-refractivity contribution in [3.63, 3.8) is 0 Å². The molecule has 0 fully saturated rings. The Kier molecular flexibility index (Phi) is 5.40.